The van der Waals surface area contributed by atoms with Crippen LogP contribution in [-0.4, -0.2) is 10.1 Å². The molecule has 0 radical (unpaired) electrons. The molecule has 0 aromatic carbocycles. The Morgan fingerprint density at radius 3 is 3.00 bits per heavy atom. The van der Waals surface area contributed by atoms with Gasteiger partial charge < -0.3 is 10.3 Å². The summed E-state index contributed by atoms with van der Waals surface area (Å²) in [5.41, 5.74) is 8.27. The molecule has 2 aromatic heterocycles. The van der Waals surface area contributed by atoms with E-state index in [0.717, 1.165) is 24.8 Å². The predicted octanol–water partition coefficient (Wildman–Crippen LogP) is 3.47. The number of hydrogen-bond donors (Lipinski definition) is 1. The maximum atomic E-state index is 6.49. The minimum absolute atomic E-state index is 0.413. The van der Waals surface area contributed by atoms with Crippen molar-refractivity contribution in [3.05, 3.63) is 22.1 Å². The van der Waals surface area contributed by atoms with Crippen LogP contribution in [0, 0.1) is 12.8 Å². The summed E-state index contributed by atoms with van der Waals surface area (Å²) in [4.78, 5) is 4.55. The standard InChI is InChI=1S/C14H19N3OS/c1-9-4-3-5-14(15,6-9)13-16-12(18-17-13)11-8-19-7-10(11)2/h7-9H,3-6,15H2,1-2H3. The summed E-state index contributed by atoms with van der Waals surface area (Å²) >= 11 is 1.65. The van der Waals surface area contributed by atoms with Gasteiger partial charge in [-0.2, -0.15) is 16.3 Å². The highest BCUT2D eigenvalue weighted by molar-refractivity contribution is 7.08. The van der Waals surface area contributed by atoms with Crippen LogP contribution in [0.5, 0.6) is 0 Å². The predicted molar refractivity (Wildman–Crippen MR) is 75.8 cm³/mol. The molecule has 5 heteroatoms. The lowest BCUT2D eigenvalue weighted by Gasteiger charge is -2.33. The Kier molecular flexibility index (Phi) is 3.19. The quantitative estimate of drug-likeness (QED) is 0.912. The highest BCUT2D eigenvalue weighted by atomic mass is 32.1. The molecule has 1 fully saturated rings. The lowest BCUT2D eigenvalue weighted by Crippen LogP contribution is -2.42. The van der Waals surface area contributed by atoms with Gasteiger partial charge in [0.05, 0.1) is 11.1 Å². The van der Waals surface area contributed by atoms with Crippen molar-refractivity contribution in [3.8, 4) is 11.5 Å². The van der Waals surface area contributed by atoms with Crippen LogP contribution in [0.15, 0.2) is 15.3 Å². The second kappa shape index (κ2) is 4.72. The van der Waals surface area contributed by atoms with Crippen molar-refractivity contribution < 1.29 is 4.52 Å². The van der Waals surface area contributed by atoms with Crippen molar-refractivity contribution in [1.82, 2.24) is 10.1 Å². The molecule has 2 atom stereocenters. The average molecular weight is 277 g/mol. The van der Waals surface area contributed by atoms with E-state index < -0.39 is 5.54 Å². The average Bonchev–Trinajstić information content (AvgIpc) is 2.96. The number of rotatable bonds is 2. The lowest BCUT2D eigenvalue weighted by atomic mass is 9.76. The summed E-state index contributed by atoms with van der Waals surface area (Å²) in [6.07, 6.45) is 4.26. The molecule has 0 amide bonds. The summed E-state index contributed by atoms with van der Waals surface area (Å²) in [6, 6.07) is 0. The fourth-order valence-corrected chi connectivity index (χ4v) is 3.73. The maximum Gasteiger partial charge on any atom is 0.259 e. The highest BCUT2D eigenvalue weighted by Gasteiger charge is 2.37. The van der Waals surface area contributed by atoms with Crippen molar-refractivity contribution >= 4 is 11.3 Å². The van der Waals surface area contributed by atoms with Gasteiger partial charge in [0, 0.05) is 5.38 Å². The van der Waals surface area contributed by atoms with Crippen LogP contribution in [0.25, 0.3) is 11.5 Å². The number of thiophene rings is 1. The zero-order valence-corrected chi connectivity index (χ0v) is 12.2. The Hall–Kier alpha value is -1.20. The monoisotopic (exact) mass is 277 g/mol. The Balaban J connectivity index is 1.91. The van der Waals surface area contributed by atoms with Crippen LogP contribution in [0.3, 0.4) is 0 Å². The van der Waals surface area contributed by atoms with Crippen molar-refractivity contribution in [3.63, 3.8) is 0 Å². The molecule has 2 N–H and O–H groups in total. The van der Waals surface area contributed by atoms with Gasteiger partial charge in [0.25, 0.3) is 5.89 Å². The zero-order chi connectivity index (χ0) is 13.5. The number of aryl methyl sites for hydroxylation is 1. The molecule has 3 rings (SSSR count). The first-order chi connectivity index (χ1) is 9.08. The van der Waals surface area contributed by atoms with Crippen molar-refractivity contribution in [2.75, 3.05) is 0 Å². The third-order valence-electron chi connectivity index (χ3n) is 3.99. The van der Waals surface area contributed by atoms with Gasteiger partial charge >= 0.3 is 0 Å². The van der Waals surface area contributed by atoms with Crippen molar-refractivity contribution in [1.29, 1.82) is 0 Å². The number of nitrogens with zero attached hydrogens (tertiary/aromatic N) is 2. The second-order valence-corrected chi connectivity index (χ2v) is 6.49. The van der Waals surface area contributed by atoms with Crippen molar-refractivity contribution in [2.24, 2.45) is 11.7 Å². The number of nitrogens with two attached hydrogens (primary N) is 1. The molecule has 1 saturated carbocycles. The second-order valence-electron chi connectivity index (χ2n) is 5.75. The van der Waals surface area contributed by atoms with E-state index in [-0.39, 0.29) is 0 Å². The molecule has 1 aliphatic rings. The Morgan fingerprint density at radius 2 is 2.32 bits per heavy atom. The largest absolute Gasteiger partial charge is 0.334 e. The van der Waals surface area contributed by atoms with E-state index in [2.05, 4.69) is 29.4 Å². The Labute approximate surface area is 117 Å². The number of aromatic nitrogens is 2. The molecule has 102 valence electrons. The fraction of sp³-hybridized carbons (Fsp3) is 0.571. The van der Waals surface area contributed by atoms with E-state index in [4.69, 9.17) is 10.3 Å². The highest BCUT2D eigenvalue weighted by Crippen LogP contribution is 2.37. The minimum Gasteiger partial charge on any atom is -0.334 e. The first-order valence-corrected chi connectivity index (χ1v) is 7.69. The van der Waals surface area contributed by atoms with Gasteiger partial charge in [0.15, 0.2) is 5.82 Å². The molecule has 4 nitrogen and oxygen atoms in total. The maximum absolute atomic E-state index is 6.49. The molecular weight excluding hydrogens is 258 g/mol. The molecule has 0 saturated heterocycles. The van der Waals surface area contributed by atoms with E-state index in [0.29, 0.717) is 17.6 Å². The van der Waals surface area contributed by atoms with E-state index >= 15 is 0 Å². The summed E-state index contributed by atoms with van der Waals surface area (Å²) in [5.74, 6) is 1.89. The fourth-order valence-electron chi connectivity index (χ4n) is 2.91. The summed E-state index contributed by atoms with van der Waals surface area (Å²) in [7, 11) is 0. The molecule has 19 heavy (non-hydrogen) atoms. The van der Waals surface area contributed by atoms with Crippen LogP contribution in [-0.2, 0) is 5.54 Å². The van der Waals surface area contributed by atoms with Crippen LogP contribution >= 0.6 is 11.3 Å². The Morgan fingerprint density at radius 1 is 1.47 bits per heavy atom. The third-order valence-corrected chi connectivity index (χ3v) is 4.85. The first-order valence-electron chi connectivity index (χ1n) is 6.75. The number of hydrogen-bond acceptors (Lipinski definition) is 5. The van der Waals surface area contributed by atoms with E-state index in [1.807, 2.05) is 5.38 Å². The normalized spacial score (nSPS) is 27.6. The molecule has 2 unspecified atom stereocenters. The van der Waals surface area contributed by atoms with Gasteiger partial charge in [-0.05, 0) is 36.6 Å². The molecule has 1 aliphatic carbocycles. The lowest BCUT2D eigenvalue weighted by molar-refractivity contribution is 0.222. The van der Waals surface area contributed by atoms with Gasteiger partial charge in [-0.15, -0.1) is 0 Å². The molecule has 0 bridgehead atoms. The summed E-state index contributed by atoms with van der Waals surface area (Å²) in [6.45, 7) is 4.29. The first kappa shape index (κ1) is 12.8. The summed E-state index contributed by atoms with van der Waals surface area (Å²) < 4.78 is 5.41. The van der Waals surface area contributed by atoms with Gasteiger partial charge in [-0.3, -0.25) is 0 Å². The third kappa shape index (κ3) is 2.32. The van der Waals surface area contributed by atoms with Gasteiger partial charge in [0.1, 0.15) is 0 Å². The molecule has 0 aliphatic heterocycles. The van der Waals surface area contributed by atoms with Gasteiger partial charge in [-0.25, -0.2) is 0 Å². The van der Waals surface area contributed by atoms with E-state index in [1.54, 1.807) is 11.3 Å². The molecule has 2 heterocycles. The molecule has 0 spiro atoms. The molecule has 2 aromatic rings. The van der Waals surface area contributed by atoms with Crippen molar-refractivity contribution in [2.45, 2.75) is 45.1 Å². The zero-order valence-electron chi connectivity index (χ0n) is 11.3. The van der Waals surface area contributed by atoms with E-state index in [1.165, 1.54) is 12.0 Å². The van der Waals surface area contributed by atoms with Crippen LogP contribution in [0.2, 0.25) is 0 Å². The molecular formula is C14H19N3OS. The van der Waals surface area contributed by atoms with Gasteiger partial charge in [-0.1, -0.05) is 24.9 Å². The topological polar surface area (TPSA) is 64.9 Å². The van der Waals surface area contributed by atoms with E-state index in [9.17, 15) is 0 Å². The smallest absolute Gasteiger partial charge is 0.259 e. The Bertz CT molecular complexity index is 577. The van der Waals surface area contributed by atoms with Crippen LogP contribution in [0.1, 0.15) is 44.0 Å². The summed E-state index contributed by atoms with van der Waals surface area (Å²) in [5, 5.41) is 8.26. The van der Waals surface area contributed by atoms with Crippen LogP contribution < -0.4 is 5.73 Å². The van der Waals surface area contributed by atoms with Gasteiger partial charge in [0.2, 0.25) is 0 Å². The van der Waals surface area contributed by atoms with Crippen LogP contribution in [0.4, 0.5) is 0 Å². The minimum atomic E-state index is -0.413. The SMILES string of the molecule is Cc1cscc1-c1nc(C2(N)CCCC(C)C2)no1.